The minimum atomic E-state index is -0.494. The molecule has 182 valence electrons. The van der Waals surface area contributed by atoms with E-state index in [1.807, 2.05) is 73.7 Å². The third kappa shape index (κ3) is 5.09. The van der Waals surface area contributed by atoms with Crippen LogP contribution in [0.5, 0.6) is 17.2 Å². The number of carbonyl (C=O) groups excluding carboxylic acids is 2. The number of benzene rings is 3. The Morgan fingerprint density at radius 2 is 1.51 bits per heavy atom. The highest BCUT2D eigenvalue weighted by molar-refractivity contribution is 6.00. The number of rotatable bonds is 7. The third-order valence-electron chi connectivity index (χ3n) is 6.35. The zero-order valence-corrected chi connectivity index (χ0v) is 20.4. The van der Waals surface area contributed by atoms with Crippen LogP contribution in [-0.2, 0) is 9.59 Å². The summed E-state index contributed by atoms with van der Waals surface area (Å²) >= 11 is 0. The molecule has 2 atom stereocenters. The number of methoxy groups -OCH3 is 3. The van der Waals surface area contributed by atoms with Gasteiger partial charge in [-0.25, -0.2) is 0 Å². The fourth-order valence-electron chi connectivity index (χ4n) is 4.54. The lowest BCUT2D eigenvalue weighted by Crippen LogP contribution is -2.47. The Hall–Kier alpha value is -4.00. The number of nitrogens with zero attached hydrogens (tertiary/aromatic N) is 1. The number of piperidine rings is 1. The van der Waals surface area contributed by atoms with E-state index in [0.29, 0.717) is 35.0 Å². The lowest BCUT2D eigenvalue weighted by Gasteiger charge is -2.41. The second-order valence-electron chi connectivity index (χ2n) is 8.52. The van der Waals surface area contributed by atoms with E-state index in [2.05, 4.69) is 5.32 Å². The van der Waals surface area contributed by atoms with Crippen LogP contribution in [0, 0.1) is 12.8 Å². The Morgan fingerprint density at radius 3 is 2.11 bits per heavy atom. The first kappa shape index (κ1) is 24.1. The maximum atomic E-state index is 13.7. The van der Waals surface area contributed by atoms with Crippen molar-refractivity contribution in [2.24, 2.45) is 5.92 Å². The first-order valence-electron chi connectivity index (χ1n) is 11.5. The van der Waals surface area contributed by atoms with E-state index in [4.69, 9.17) is 14.2 Å². The molecule has 1 aliphatic heterocycles. The van der Waals surface area contributed by atoms with Gasteiger partial charge in [-0.2, -0.15) is 0 Å². The molecule has 0 aliphatic carbocycles. The van der Waals surface area contributed by atoms with Crippen LogP contribution < -0.4 is 24.4 Å². The Labute approximate surface area is 205 Å². The maximum Gasteiger partial charge on any atom is 0.230 e. The molecule has 1 fully saturated rings. The molecular formula is C28H30N2O5. The van der Waals surface area contributed by atoms with Crippen LogP contribution in [0.2, 0.25) is 0 Å². The Balaban J connectivity index is 1.74. The van der Waals surface area contributed by atoms with Gasteiger partial charge in [0.15, 0.2) is 0 Å². The minimum absolute atomic E-state index is 0.0341. The number of aryl methyl sites for hydroxylation is 1. The van der Waals surface area contributed by atoms with Gasteiger partial charge in [0, 0.05) is 12.1 Å². The Morgan fingerprint density at radius 1 is 0.886 bits per heavy atom. The summed E-state index contributed by atoms with van der Waals surface area (Å²) in [5, 5.41) is 3.05. The summed E-state index contributed by atoms with van der Waals surface area (Å²) in [6.45, 7) is 1.96. The molecule has 4 rings (SSSR count). The quantitative estimate of drug-likeness (QED) is 0.513. The lowest BCUT2D eigenvalue weighted by atomic mass is 9.83. The molecule has 3 aromatic rings. The predicted octanol–water partition coefficient (Wildman–Crippen LogP) is 5.14. The van der Waals surface area contributed by atoms with Gasteiger partial charge in [-0.05, 0) is 73.0 Å². The molecule has 7 nitrogen and oxygen atoms in total. The van der Waals surface area contributed by atoms with Crippen LogP contribution in [-0.4, -0.2) is 33.1 Å². The van der Waals surface area contributed by atoms with Crippen molar-refractivity contribution in [3.63, 3.8) is 0 Å². The number of hydrogen-bond acceptors (Lipinski definition) is 5. The molecule has 0 saturated carbocycles. The summed E-state index contributed by atoms with van der Waals surface area (Å²) in [5.74, 6) is 1.31. The van der Waals surface area contributed by atoms with E-state index in [0.717, 1.165) is 11.1 Å². The summed E-state index contributed by atoms with van der Waals surface area (Å²) in [4.78, 5) is 28.7. The normalized spacial score (nSPS) is 17.6. The molecule has 35 heavy (non-hydrogen) atoms. The first-order valence-corrected chi connectivity index (χ1v) is 11.5. The van der Waals surface area contributed by atoms with E-state index in [9.17, 15) is 9.59 Å². The Bertz CT molecular complexity index is 1190. The highest BCUT2D eigenvalue weighted by Crippen LogP contribution is 2.41. The molecule has 1 heterocycles. The smallest absolute Gasteiger partial charge is 0.230 e. The zero-order valence-electron chi connectivity index (χ0n) is 20.4. The number of ether oxygens (including phenoxy) is 3. The van der Waals surface area contributed by atoms with Gasteiger partial charge >= 0.3 is 0 Å². The zero-order chi connectivity index (χ0) is 24.9. The van der Waals surface area contributed by atoms with Gasteiger partial charge in [0.05, 0.1) is 39.0 Å². The van der Waals surface area contributed by atoms with Crippen LogP contribution in [0.25, 0.3) is 0 Å². The third-order valence-corrected chi connectivity index (χ3v) is 6.35. The molecule has 0 bridgehead atoms. The van der Waals surface area contributed by atoms with E-state index in [1.165, 1.54) is 0 Å². The predicted molar refractivity (Wildman–Crippen MR) is 135 cm³/mol. The first-order chi connectivity index (χ1) is 16.9. The van der Waals surface area contributed by atoms with Crippen molar-refractivity contribution < 1.29 is 23.8 Å². The molecule has 0 unspecified atom stereocenters. The fourth-order valence-corrected chi connectivity index (χ4v) is 4.54. The van der Waals surface area contributed by atoms with Crippen molar-refractivity contribution in [1.82, 2.24) is 0 Å². The van der Waals surface area contributed by atoms with Crippen LogP contribution in [0.3, 0.4) is 0 Å². The highest BCUT2D eigenvalue weighted by Gasteiger charge is 2.41. The van der Waals surface area contributed by atoms with E-state index >= 15 is 0 Å². The number of hydrogen-bond donors (Lipinski definition) is 1. The van der Waals surface area contributed by atoms with E-state index < -0.39 is 12.0 Å². The topological polar surface area (TPSA) is 77.1 Å². The van der Waals surface area contributed by atoms with Gasteiger partial charge in [0.25, 0.3) is 0 Å². The molecule has 0 spiro atoms. The monoisotopic (exact) mass is 474 g/mol. The maximum absolute atomic E-state index is 13.7. The molecule has 0 aromatic heterocycles. The molecule has 0 radical (unpaired) electrons. The second-order valence-corrected chi connectivity index (χ2v) is 8.52. The number of carbonyl (C=O) groups is 2. The van der Waals surface area contributed by atoms with Gasteiger partial charge in [0.2, 0.25) is 11.8 Å². The molecule has 1 N–H and O–H groups in total. The van der Waals surface area contributed by atoms with Crippen molar-refractivity contribution in [2.45, 2.75) is 25.8 Å². The molecule has 7 heteroatoms. The van der Waals surface area contributed by atoms with Crippen molar-refractivity contribution >= 4 is 23.2 Å². The highest BCUT2D eigenvalue weighted by atomic mass is 16.5. The summed E-state index contributed by atoms with van der Waals surface area (Å²) in [6, 6.07) is 20.0. The largest absolute Gasteiger partial charge is 0.497 e. The minimum Gasteiger partial charge on any atom is -0.497 e. The van der Waals surface area contributed by atoms with Crippen molar-refractivity contribution in [3.05, 3.63) is 77.9 Å². The van der Waals surface area contributed by atoms with Gasteiger partial charge < -0.3 is 24.4 Å². The van der Waals surface area contributed by atoms with E-state index in [1.54, 1.807) is 26.2 Å². The summed E-state index contributed by atoms with van der Waals surface area (Å²) in [5.41, 5.74) is 3.18. The van der Waals surface area contributed by atoms with Crippen LogP contribution >= 0.6 is 0 Å². The number of amides is 2. The van der Waals surface area contributed by atoms with Crippen molar-refractivity contribution in [1.29, 1.82) is 0 Å². The standard InChI is InChI=1S/C28H30N2O5/c1-18-5-15-25(35-4)24(17-18)29-28(32)23-14-16-26(31)30(20-8-12-22(34-3)13-9-20)27(23)19-6-10-21(33-2)11-7-19/h5-13,15,17,23,27H,14,16H2,1-4H3,(H,29,32)/t23-,27+/m1/s1. The fraction of sp³-hybridized carbons (Fsp3) is 0.286. The van der Waals surface area contributed by atoms with Gasteiger partial charge in [0.1, 0.15) is 17.2 Å². The van der Waals surface area contributed by atoms with Crippen molar-refractivity contribution in [2.75, 3.05) is 31.5 Å². The second kappa shape index (κ2) is 10.5. The number of nitrogens with one attached hydrogen (secondary N) is 1. The average Bonchev–Trinajstić information content (AvgIpc) is 2.88. The van der Waals surface area contributed by atoms with Gasteiger partial charge in [-0.1, -0.05) is 18.2 Å². The Kier molecular flexibility index (Phi) is 7.25. The van der Waals surface area contributed by atoms with Gasteiger partial charge in [-0.3, -0.25) is 9.59 Å². The van der Waals surface area contributed by atoms with Crippen LogP contribution in [0.1, 0.15) is 30.0 Å². The van der Waals surface area contributed by atoms with E-state index in [-0.39, 0.29) is 18.2 Å². The summed E-state index contributed by atoms with van der Waals surface area (Å²) in [7, 11) is 4.78. The van der Waals surface area contributed by atoms with Crippen molar-refractivity contribution in [3.8, 4) is 17.2 Å². The number of anilines is 2. The molecule has 3 aromatic carbocycles. The lowest BCUT2D eigenvalue weighted by molar-refractivity contribution is -0.125. The van der Waals surface area contributed by atoms with Crippen LogP contribution in [0.4, 0.5) is 11.4 Å². The average molecular weight is 475 g/mol. The summed E-state index contributed by atoms with van der Waals surface area (Å²) < 4.78 is 16.1. The summed E-state index contributed by atoms with van der Waals surface area (Å²) in [6.07, 6.45) is 0.698. The SMILES string of the molecule is COc1ccc([C@H]2[C@H](C(=O)Nc3cc(C)ccc3OC)CCC(=O)N2c2ccc(OC)cc2)cc1. The molecule has 2 amide bonds. The molecular weight excluding hydrogens is 444 g/mol. The van der Waals surface area contributed by atoms with Gasteiger partial charge in [-0.15, -0.1) is 0 Å². The van der Waals surface area contributed by atoms with Crippen LogP contribution in [0.15, 0.2) is 66.7 Å². The molecule has 1 aliphatic rings. The molecule has 1 saturated heterocycles.